The van der Waals surface area contributed by atoms with Gasteiger partial charge < -0.3 is 9.73 Å². The molecule has 0 fully saturated rings. The molecule has 1 heterocycles. The summed E-state index contributed by atoms with van der Waals surface area (Å²) in [6.45, 7) is 5.51. The largest absolute Gasteiger partial charge is 0.447 e. The Bertz CT molecular complexity index is 448. The van der Waals surface area contributed by atoms with Crippen LogP contribution in [0.25, 0.3) is 0 Å². The van der Waals surface area contributed by atoms with E-state index in [4.69, 9.17) is 4.42 Å². The molecule has 0 aromatic carbocycles. The molecule has 1 N–H and O–H groups in total. The summed E-state index contributed by atoms with van der Waals surface area (Å²) in [5, 5.41) is 2.96. The second-order valence-electron chi connectivity index (χ2n) is 4.16. The molecule has 18 heavy (non-hydrogen) atoms. The molecule has 1 aromatic rings. The molecule has 0 aliphatic carbocycles. The van der Waals surface area contributed by atoms with Crippen molar-refractivity contribution in [2.24, 2.45) is 0 Å². The molecule has 1 rings (SSSR count). The van der Waals surface area contributed by atoms with Crippen molar-refractivity contribution in [2.75, 3.05) is 20.1 Å². The Morgan fingerprint density at radius 1 is 1.22 bits per heavy atom. The minimum Gasteiger partial charge on any atom is -0.447 e. The highest BCUT2D eigenvalue weighted by Gasteiger charge is 2.26. The molecule has 6 heteroatoms. The van der Waals surface area contributed by atoms with Crippen molar-refractivity contribution in [1.82, 2.24) is 9.62 Å². The lowest BCUT2D eigenvalue weighted by Crippen LogP contribution is -2.32. The molecule has 0 unspecified atom stereocenters. The lowest BCUT2D eigenvalue weighted by molar-refractivity contribution is 0.363. The molecule has 104 valence electrons. The number of hydrogen-bond donors (Lipinski definition) is 1. The predicted octanol–water partition coefficient (Wildman–Crippen LogP) is 1.81. The molecule has 1 aromatic heterocycles. The number of hydrogen-bond acceptors (Lipinski definition) is 4. The Morgan fingerprint density at radius 2 is 1.83 bits per heavy atom. The third kappa shape index (κ3) is 3.57. The Balaban J connectivity index is 2.94. The average molecular weight is 274 g/mol. The van der Waals surface area contributed by atoms with E-state index < -0.39 is 10.0 Å². The van der Waals surface area contributed by atoms with E-state index in [0.29, 0.717) is 25.4 Å². The number of sulfonamides is 1. The standard InChI is InChI=1S/C12H22N2O3S/c1-4-8-14(9-5-2)18(15,16)12-7-6-11(17-12)10-13-3/h6-7,13H,4-5,8-10H2,1-3H3. The van der Waals surface area contributed by atoms with Gasteiger partial charge in [-0.3, -0.25) is 0 Å². The number of rotatable bonds is 8. The molecule has 0 aliphatic rings. The van der Waals surface area contributed by atoms with E-state index in [2.05, 4.69) is 5.32 Å². The summed E-state index contributed by atoms with van der Waals surface area (Å²) < 4.78 is 31.5. The maximum atomic E-state index is 12.3. The van der Waals surface area contributed by atoms with Gasteiger partial charge in [-0.25, -0.2) is 8.42 Å². The van der Waals surface area contributed by atoms with Crippen LogP contribution in [0.3, 0.4) is 0 Å². The summed E-state index contributed by atoms with van der Waals surface area (Å²) in [5.41, 5.74) is 0. The molecule has 0 radical (unpaired) electrons. The van der Waals surface area contributed by atoms with Crippen LogP contribution in [0, 0.1) is 0 Å². The van der Waals surface area contributed by atoms with Gasteiger partial charge in [0, 0.05) is 13.1 Å². The van der Waals surface area contributed by atoms with Crippen molar-refractivity contribution >= 4 is 10.0 Å². The van der Waals surface area contributed by atoms with Gasteiger partial charge >= 0.3 is 0 Å². The lowest BCUT2D eigenvalue weighted by Gasteiger charge is -2.19. The van der Waals surface area contributed by atoms with Crippen LogP contribution in [0.2, 0.25) is 0 Å². The van der Waals surface area contributed by atoms with Gasteiger partial charge in [-0.05, 0) is 32.0 Å². The maximum absolute atomic E-state index is 12.3. The Morgan fingerprint density at radius 3 is 2.33 bits per heavy atom. The number of nitrogens with zero attached hydrogens (tertiary/aromatic N) is 1. The SMILES string of the molecule is CCCN(CCC)S(=O)(=O)c1ccc(CNC)o1. The van der Waals surface area contributed by atoms with Crippen molar-refractivity contribution in [3.8, 4) is 0 Å². The first-order valence-electron chi connectivity index (χ1n) is 6.29. The second-order valence-corrected chi connectivity index (χ2v) is 6.02. The van der Waals surface area contributed by atoms with Crippen LogP contribution in [0.5, 0.6) is 0 Å². The summed E-state index contributed by atoms with van der Waals surface area (Å²) in [4.78, 5) is 0. The van der Waals surface area contributed by atoms with Crippen LogP contribution in [-0.4, -0.2) is 32.9 Å². The Kier molecular flexibility index (Phi) is 5.84. The van der Waals surface area contributed by atoms with Crippen LogP contribution in [0.15, 0.2) is 21.6 Å². The minimum atomic E-state index is -3.48. The van der Waals surface area contributed by atoms with Crippen LogP contribution < -0.4 is 5.32 Å². The fourth-order valence-corrected chi connectivity index (χ4v) is 3.30. The summed E-state index contributed by atoms with van der Waals surface area (Å²) in [6.07, 6.45) is 1.59. The molecular formula is C12H22N2O3S. The third-order valence-corrected chi connectivity index (χ3v) is 4.30. The number of nitrogens with one attached hydrogen (secondary N) is 1. The minimum absolute atomic E-state index is 0.0367. The zero-order valence-corrected chi connectivity index (χ0v) is 12.1. The van der Waals surface area contributed by atoms with E-state index >= 15 is 0 Å². The zero-order chi connectivity index (χ0) is 13.6. The van der Waals surface area contributed by atoms with E-state index in [1.54, 1.807) is 13.1 Å². The highest BCUT2D eigenvalue weighted by molar-refractivity contribution is 7.89. The lowest BCUT2D eigenvalue weighted by atomic mass is 10.4. The molecule has 0 saturated heterocycles. The average Bonchev–Trinajstić information content (AvgIpc) is 2.78. The van der Waals surface area contributed by atoms with Gasteiger partial charge in [0.15, 0.2) is 0 Å². The van der Waals surface area contributed by atoms with Crippen LogP contribution in [-0.2, 0) is 16.6 Å². The van der Waals surface area contributed by atoms with Gasteiger partial charge in [-0.1, -0.05) is 13.8 Å². The van der Waals surface area contributed by atoms with Crippen LogP contribution in [0.1, 0.15) is 32.4 Å². The van der Waals surface area contributed by atoms with E-state index in [1.165, 1.54) is 10.4 Å². The van der Waals surface area contributed by atoms with Gasteiger partial charge in [0.05, 0.1) is 6.54 Å². The molecule has 0 amide bonds. The van der Waals surface area contributed by atoms with E-state index in [-0.39, 0.29) is 5.09 Å². The van der Waals surface area contributed by atoms with Gasteiger partial charge in [0.2, 0.25) is 5.09 Å². The highest BCUT2D eigenvalue weighted by atomic mass is 32.2. The summed E-state index contributed by atoms with van der Waals surface area (Å²) >= 11 is 0. The van der Waals surface area contributed by atoms with E-state index in [0.717, 1.165) is 12.8 Å². The summed E-state index contributed by atoms with van der Waals surface area (Å²) in [5.74, 6) is 0.629. The molecule has 0 aliphatic heterocycles. The molecule has 0 spiro atoms. The van der Waals surface area contributed by atoms with Crippen molar-refractivity contribution in [3.05, 3.63) is 17.9 Å². The van der Waals surface area contributed by atoms with Gasteiger partial charge in [0.1, 0.15) is 5.76 Å². The molecular weight excluding hydrogens is 252 g/mol. The highest BCUT2D eigenvalue weighted by Crippen LogP contribution is 2.19. The smallest absolute Gasteiger partial charge is 0.276 e. The molecule has 5 nitrogen and oxygen atoms in total. The maximum Gasteiger partial charge on any atom is 0.276 e. The quantitative estimate of drug-likeness (QED) is 0.785. The van der Waals surface area contributed by atoms with Gasteiger partial charge in [0.25, 0.3) is 10.0 Å². The molecule has 0 bridgehead atoms. The Labute approximate surface area is 109 Å². The fraction of sp³-hybridized carbons (Fsp3) is 0.667. The van der Waals surface area contributed by atoms with Crippen molar-refractivity contribution in [3.63, 3.8) is 0 Å². The monoisotopic (exact) mass is 274 g/mol. The molecule has 0 saturated carbocycles. The van der Waals surface area contributed by atoms with Crippen LogP contribution >= 0.6 is 0 Å². The first-order chi connectivity index (χ1) is 8.56. The summed E-state index contributed by atoms with van der Waals surface area (Å²) in [7, 11) is -1.70. The number of furan rings is 1. The van der Waals surface area contributed by atoms with Crippen LogP contribution in [0.4, 0.5) is 0 Å². The zero-order valence-electron chi connectivity index (χ0n) is 11.3. The van der Waals surface area contributed by atoms with Crippen molar-refractivity contribution < 1.29 is 12.8 Å². The normalized spacial score (nSPS) is 12.2. The Hall–Kier alpha value is -0.850. The van der Waals surface area contributed by atoms with Gasteiger partial charge in [-0.15, -0.1) is 0 Å². The van der Waals surface area contributed by atoms with Crippen molar-refractivity contribution in [2.45, 2.75) is 38.3 Å². The fourth-order valence-electron chi connectivity index (χ4n) is 1.74. The first-order valence-corrected chi connectivity index (χ1v) is 7.73. The van der Waals surface area contributed by atoms with Crippen molar-refractivity contribution in [1.29, 1.82) is 0 Å². The molecule has 0 atom stereocenters. The van der Waals surface area contributed by atoms with E-state index in [9.17, 15) is 8.42 Å². The second kappa shape index (κ2) is 6.92. The third-order valence-electron chi connectivity index (χ3n) is 2.53. The first kappa shape index (κ1) is 15.2. The topological polar surface area (TPSA) is 62.6 Å². The summed E-state index contributed by atoms with van der Waals surface area (Å²) in [6, 6.07) is 3.22. The van der Waals surface area contributed by atoms with Gasteiger partial charge in [-0.2, -0.15) is 4.31 Å². The van der Waals surface area contributed by atoms with E-state index in [1.807, 2.05) is 13.8 Å². The predicted molar refractivity (Wildman–Crippen MR) is 70.8 cm³/mol.